The molecule has 0 bridgehead atoms. The molecule has 5 rings (SSSR count). The summed E-state index contributed by atoms with van der Waals surface area (Å²) < 4.78 is 21.3. The van der Waals surface area contributed by atoms with Gasteiger partial charge in [0.05, 0.1) is 42.2 Å². The molecule has 3 heterocycles. The molecule has 4 aromatic rings. The molecule has 1 fully saturated rings. The molecule has 0 spiro atoms. The zero-order valence-electron chi connectivity index (χ0n) is 19.1. The number of hydrogen-bond acceptors (Lipinski definition) is 6. The number of nitrogens with one attached hydrogen (secondary N) is 1. The monoisotopic (exact) mass is 485 g/mol. The van der Waals surface area contributed by atoms with Crippen LogP contribution in [0, 0.1) is 11.8 Å². The quantitative estimate of drug-likeness (QED) is 0.353. The zero-order valence-corrected chi connectivity index (χ0v) is 19.9. The number of rotatable bonds is 4. The highest BCUT2D eigenvalue weighted by molar-refractivity contribution is 7.92. The Kier molecular flexibility index (Phi) is 6.68. The minimum Gasteiger partial charge on any atom is -0.593 e. The summed E-state index contributed by atoms with van der Waals surface area (Å²) in [5.74, 6) is 6.26. The largest absolute Gasteiger partial charge is 0.593 e. The zero-order chi connectivity index (χ0) is 24.2. The van der Waals surface area contributed by atoms with E-state index in [4.69, 9.17) is 9.84 Å². The first-order valence-electron chi connectivity index (χ1n) is 11.1. The normalized spacial score (nSPS) is 14.3. The van der Waals surface area contributed by atoms with Gasteiger partial charge < -0.3 is 14.2 Å². The van der Waals surface area contributed by atoms with E-state index in [1.165, 1.54) is 0 Å². The fraction of sp³-hybridized carbons (Fsp3) is 0.192. The van der Waals surface area contributed by atoms with E-state index in [2.05, 4.69) is 21.5 Å². The molecule has 1 aliphatic heterocycles. The van der Waals surface area contributed by atoms with Gasteiger partial charge in [0, 0.05) is 29.8 Å². The molecule has 2 aromatic carbocycles. The van der Waals surface area contributed by atoms with E-state index in [-0.39, 0.29) is 5.91 Å². The molecule has 9 heteroatoms. The Labute approximate surface area is 206 Å². The third kappa shape index (κ3) is 5.30. The van der Waals surface area contributed by atoms with Gasteiger partial charge in [-0.25, -0.2) is 14.2 Å². The smallest absolute Gasteiger partial charge is 0.254 e. The summed E-state index contributed by atoms with van der Waals surface area (Å²) in [6.45, 7) is 2.38. The molecule has 0 saturated carbocycles. The number of nitrogens with zero attached hydrogens (tertiary/aromatic N) is 4. The van der Waals surface area contributed by atoms with Gasteiger partial charge in [-0.2, -0.15) is 5.10 Å². The van der Waals surface area contributed by atoms with Crippen molar-refractivity contribution in [2.45, 2.75) is 0 Å². The van der Waals surface area contributed by atoms with Crippen molar-refractivity contribution >= 4 is 28.6 Å². The minimum absolute atomic E-state index is 0.0138. The maximum Gasteiger partial charge on any atom is 0.254 e. The molecule has 1 unspecified atom stereocenters. The topological polar surface area (TPSA) is 94.8 Å². The van der Waals surface area contributed by atoms with Crippen LogP contribution in [0.1, 0.15) is 21.6 Å². The average Bonchev–Trinajstić information content (AvgIpc) is 3.30. The lowest BCUT2D eigenvalue weighted by molar-refractivity contribution is 0.0303. The third-order valence-corrected chi connectivity index (χ3v) is 6.07. The van der Waals surface area contributed by atoms with Crippen LogP contribution in [0.5, 0.6) is 0 Å². The lowest BCUT2D eigenvalue weighted by Crippen LogP contribution is -2.40. The van der Waals surface area contributed by atoms with Crippen molar-refractivity contribution in [3.05, 3.63) is 83.7 Å². The maximum atomic E-state index is 12.7. The van der Waals surface area contributed by atoms with Crippen molar-refractivity contribution < 1.29 is 14.1 Å². The number of carbonyl (C=O) groups is 1. The first-order valence-corrected chi connectivity index (χ1v) is 12.7. The molecule has 2 aromatic heterocycles. The number of morpholine rings is 1. The summed E-state index contributed by atoms with van der Waals surface area (Å²) in [5.41, 5.74) is 5.16. The molecule has 0 radical (unpaired) electrons. The standard InChI is InChI=1S/C26H23N5O3S/c1-35(33)29-22-4-2-3-19(17-22)5-10-23-18-27-25-12-11-24(28-31(23)25)20-6-8-21(9-7-20)26(32)30-13-15-34-16-14-30/h2-4,6-9,11-12,17-18,29H,13-16H2,1H3. The average molecular weight is 486 g/mol. The Bertz CT molecular complexity index is 1420. The number of imidazole rings is 1. The van der Waals surface area contributed by atoms with Crippen molar-refractivity contribution in [1.29, 1.82) is 0 Å². The van der Waals surface area contributed by atoms with E-state index in [9.17, 15) is 9.35 Å². The second kappa shape index (κ2) is 10.2. The van der Waals surface area contributed by atoms with Crippen molar-refractivity contribution in [3.63, 3.8) is 0 Å². The van der Waals surface area contributed by atoms with E-state index < -0.39 is 11.4 Å². The fourth-order valence-corrected chi connectivity index (χ4v) is 4.27. The number of benzene rings is 2. The number of amides is 1. The SMILES string of the molecule is C[S+]([O-])Nc1cccc(C#Cc2cnc3ccc(-c4ccc(C(=O)N5CCOCC5)cc4)nn23)c1. The van der Waals surface area contributed by atoms with Gasteiger partial charge in [-0.05, 0) is 48.4 Å². The summed E-state index contributed by atoms with van der Waals surface area (Å²) in [5, 5.41) is 4.73. The molecule has 1 atom stereocenters. The van der Waals surface area contributed by atoms with Crippen LogP contribution in [0.2, 0.25) is 0 Å². The molecular weight excluding hydrogens is 462 g/mol. The van der Waals surface area contributed by atoms with Gasteiger partial charge in [0.2, 0.25) is 0 Å². The van der Waals surface area contributed by atoms with Gasteiger partial charge in [0.1, 0.15) is 11.9 Å². The summed E-state index contributed by atoms with van der Waals surface area (Å²) in [6.07, 6.45) is 3.27. The number of carbonyl (C=O) groups excluding carboxylic acids is 1. The van der Waals surface area contributed by atoms with Gasteiger partial charge >= 0.3 is 0 Å². The third-order valence-electron chi connectivity index (χ3n) is 5.55. The molecule has 0 aliphatic carbocycles. The van der Waals surface area contributed by atoms with E-state index in [0.29, 0.717) is 43.2 Å². The van der Waals surface area contributed by atoms with Gasteiger partial charge in [0.15, 0.2) is 5.65 Å². The first kappa shape index (κ1) is 22.9. The Morgan fingerprint density at radius 3 is 2.66 bits per heavy atom. The van der Waals surface area contributed by atoms with Crippen LogP contribution < -0.4 is 4.72 Å². The van der Waals surface area contributed by atoms with Gasteiger partial charge in [-0.3, -0.25) is 4.79 Å². The van der Waals surface area contributed by atoms with Crippen LogP contribution in [0.25, 0.3) is 16.9 Å². The molecule has 35 heavy (non-hydrogen) atoms. The summed E-state index contributed by atoms with van der Waals surface area (Å²) in [4.78, 5) is 18.9. The minimum atomic E-state index is -1.15. The Morgan fingerprint density at radius 2 is 1.89 bits per heavy atom. The molecule has 1 N–H and O–H groups in total. The molecule has 8 nitrogen and oxygen atoms in total. The van der Waals surface area contributed by atoms with Gasteiger partial charge in [-0.1, -0.05) is 24.1 Å². The van der Waals surface area contributed by atoms with Crippen molar-refractivity contribution in [1.82, 2.24) is 19.5 Å². The summed E-state index contributed by atoms with van der Waals surface area (Å²) in [6, 6.07) is 18.7. The summed E-state index contributed by atoms with van der Waals surface area (Å²) >= 11 is -1.15. The predicted molar refractivity (Wildman–Crippen MR) is 135 cm³/mol. The van der Waals surface area contributed by atoms with E-state index in [1.54, 1.807) is 17.0 Å². The predicted octanol–water partition coefficient (Wildman–Crippen LogP) is 2.97. The number of anilines is 1. The van der Waals surface area contributed by atoms with Crippen LogP contribution in [-0.4, -0.2) is 62.5 Å². The lowest BCUT2D eigenvalue weighted by atomic mass is 10.1. The second-order valence-corrected chi connectivity index (χ2v) is 9.11. The van der Waals surface area contributed by atoms with Crippen LogP contribution in [-0.2, 0) is 16.1 Å². The van der Waals surface area contributed by atoms with Crippen LogP contribution >= 0.6 is 0 Å². The Balaban J connectivity index is 1.38. The lowest BCUT2D eigenvalue weighted by Gasteiger charge is -2.26. The summed E-state index contributed by atoms with van der Waals surface area (Å²) in [7, 11) is 0. The van der Waals surface area contributed by atoms with Crippen molar-refractivity contribution in [3.8, 4) is 23.1 Å². The van der Waals surface area contributed by atoms with E-state index in [1.807, 2.05) is 65.6 Å². The highest BCUT2D eigenvalue weighted by Crippen LogP contribution is 2.20. The molecule has 1 amide bonds. The molecule has 176 valence electrons. The molecule has 1 saturated heterocycles. The number of aromatic nitrogens is 3. The molecular formula is C26H23N5O3S. The first-order chi connectivity index (χ1) is 17.1. The van der Waals surface area contributed by atoms with E-state index in [0.717, 1.165) is 22.5 Å². The fourth-order valence-electron chi connectivity index (χ4n) is 3.81. The van der Waals surface area contributed by atoms with Crippen LogP contribution in [0.3, 0.4) is 0 Å². The Hall–Kier alpha value is -3.84. The van der Waals surface area contributed by atoms with Gasteiger partial charge in [-0.15, -0.1) is 0 Å². The Morgan fingerprint density at radius 1 is 1.09 bits per heavy atom. The second-order valence-electron chi connectivity index (χ2n) is 8.00. The highest BCUT2D eigenvalue weighted by atomic mass is 32.2. The van der Waals surface area contributed by atoms with E-state index >= 15 is 0 Å². The van der Waals surface area contributed by atoms with Crippen molar-refractivity contribution in [2.75, 3.05) is 37.3 Å². The number of fused-ring (bicyclic) bond motifs is 1. The van der Waals surface area contributed by atoms with Gasteiger partial charge in [0.25, 0.3) is 5.91 Å². The van der Waals surface area contributed by atoms with Crippen LogP contribution in [0.15, 0.2) is 66.9 Å². The number of hydrogen-bond donors (Lipinski definition) is 1. The number of ether oxygens (including phenoxy) is 1. The maximum absolute atomic E-state index is 12.7. The highest BCUT2D eigenvalue weighted by Gasteiger charge is 2.18. The van der Waals surface area contributed by atoms with Crippen molar-refractivity contribution in [2.24, 2.45) is 0 Å². The van der Waals surface area contributed by atoms with Crippen LogP contribution in [0.4, 0.5) is 5.69 Å². The molecule has 1 aliphatic rings.